The van der Waals surface area contributed by atoms with Crippen LogP contribution in [0.15, 0.2) is 36.4 Å². The van der Waals surface area contributed by atoms with E-state index in [1.54, 1.807) is 0 Å². The van der Waals surface area contributed by atoms with Gasteiger partial charge in [-0.3, -0.25) is 4.90 Å². The predicted molar refractivity (Wildman–Crippen MR) is 92.9 cm³/mol. The fourth-order valence-corrected chi connectivity index (χ4v) is 3.34. The summed E-state index contributed by atoms with van der Waals surface area (Å²) in [7, 11) is 0. The fourth-order valence-electron chi connectivity index (χ4n) is 3.13. The van der Waals surface area contributed by atoms with Gasteiger partial charge >= 0.3 is 0 Å². The summed E-state index contributed by atoms with van der Waals surface area (Å²) in [5.74, 6) is 1.68. The number of hydrogen-bond donors (Lipinski definition) is 0. The molecule has 2 heterocycles. The molecule has 0 N–H and O–H groups in total. The Morgan fingerprint density at radius 2 is 1.83 bits per heavy atom. The molecule has 0 unspecified atom stereocenters. The third-order valence-corrected chi connectivity index (χ3v) is 4.89. The van der Waals surface area contributed by atoms with Gasteiger partial charge in [-0.1, -0.05) is 23.7 Å². The molecule has 0 bridgehead atoms. The predicted octanol–water partition coefficient (Wildman–Crippen LogP) is 3.33. The van der Waals surface area contributed by atoms with Gasteiger partial charge in [0.05, 0.1) is 5.69 Å². The number of piperazine rings is 1. The zero-order valence-corrected chi connectivity index (χ0v) is 13.9. The first kappa shape index (κ1) is 14.9. The summed E-state index contributed by atoms with van der Waals surface area (Å²) in [5.41, 5.74) is 2.44. The lowest BCUT2D eigenvalue weighted by Gasteiger charge is -2.35. The van der Waals surface area contributed by atoms with Crippen LogP contribution < -0.4 is 4.90 Å². The lowest BCUT2D eigenvalue weighted by molar-refractivity contribution is 0.249. The molecular formula is C18H21ClN4. The normalized spacial score (nSPS) is 19.1. The molecule has 120 valence electrons. The van der Waals surface area contributed by atoms with Crippen molar-refractivity contribution in [2.24, 2.45) is 0 Å². The van der Waals surface area contributed by atoms with E-state index in [1.807, 2.05) is 12.1 Å². The van der Waals surface area contributed by atoms with Gasteiger partial charge in [0, 0.05) is 43.7 Å². The van der Waals surface area contributed by atoms with Crippen LogP contribution >= 0.6 is 11.6 Å². The van der Waals surface area contributed by atoms with E-state index in [0.717, 1.165) is 49.3 Å². The van der Waals surface area contributed by atoms with Crippen molar-refractivity contribution in [3.63, 3.8) is 0 Å². The van der Waals surface area contributed by atoms with E-state index < -0.39 is 0 Å². The summed E-state index contributed by atoms with van der Waals surface area (Å²) < 4.78 is 0. The minimum atomic E-state index is 0.672. The van der Waals surface area contributed by atoms with E-state index >= 15 is 0 Å². The summed E-state index contributed by atoms with van der Waals surface area (Å²) in [6.45, 7) is 5.04. The molecule has 2 fully saturated rings. The summed E-state index contributed by atoms with van der Waals surface area (Å²) in [4.78, 5) is 4.80. The molecule has 23 heavy (non-hydrogen) atoms. The van der Waals surface area contributed by atoms with E-state index in [0.29, 0.717) is 5.92 Å². The Bertz CT molecular complexity index is 661. The van der Waals surface area contributed by atoms with Gasteiger partial charge in [0.25, 0.3) is 0 Å². The maximum absolute atomic E-state index is 6.06. The molecule has 4 nitrogen and oxygen atoms in total. The molecule has 2 aromatic rings. The molecule has 1 aromatic carbocycles. The Hall–Kier alpha value is -1.65. The standard InChI is InChI=1S/C18H21ClN4/c19-16-3-1-2-14(12-16)13-22-8-10-23(11-9-22)18-7-6-17(20-21-18)15-4-5-15/h1-3,6-7,12,15H,4-5,8-11,13H2. The number of rotatable bonds is 4. The van der Waals surface area contributed by atoms with Gasteiger partial charge in [0.1, 0.15) is 0 Å². The molecule has 5 heteroatoms. The first-order valence-electron chi connectivity index (χ1n) is 8.33. The van der Waals surface area contributed by atoms with Gasteiger partial charge < -0.3 is 4.90 Å². The second kappa shape index (κ2) is 6.46. The molecule has 1 aliphatic heterocycles. The second-order valence-corrected chi connectivity index (χ2v) is 6.92. The molecule has 1 saturated heterocycles. The average Bonchev–Trinajstić information content (AvgIpc) is 3.41. The first-order valence-corrected chi connectivity index (χ1v) is 8.71. The molecule has 1 aliphatic carbocycles. The minimum Gasteiger partial charge on any atom is -0.353 e. The van der Waals surface area contributed by atoms with E-state index in [9.17, 15) is 0 Å². The molecular weight excluding hydrogens is 308 g/mol. The summed E-state index contributed by atoms with van der Waals surface area (Å²) in [6, 6.07) is 12.4. The summed E-state index contributed by atoms with van der Waals surface area (Å²) in [6.07, 6.45) is 2.55. The number of aromatic nitrogens is 2. The van der Waals surface area contributed by atoms with Gasteiger partial charge in [-0.25, -0.2) is 0 Å². The van der Waals surface area contributed by atoms with Gasteiger partial charge in [-0.2, -0.15) is 5.10 Å². The number of halogens is 1. The van der Waals surface area contributed by atoms with E-state index in [2.05, 4.69) is 44.3 Å². The van der Waals surface area contributed by atoms with Crippen LogP contribution in [0, 0.1) is 0 Å². The van der Waals surface area contributed by atoms with E-state index in [4.69, 9.17) is 11.6 Å². The highest BCUT2D eigenvalue weighted by atomic mass is 35.5. The highest BCUT2D eigenvalue weighted by Gasteiger charge is 2.26. The molecule has 2 aliphatic rings. The van der Waals surface area contributed by atoms with E-state index in [1.165, 1.54) is 18.4 Å². The zero-order chi connectivity index (χ0) is 15.6. The maximum atomic E-state index is 6.06. The summed E-state index contributed by atoms with van der Waals surface area (Å²) >= 11 is 6.06. The number of benzene rings is 1. The van der Waals surface area contributed by atoms with Crippen molar-refractivity contribution >= 4 is 17.4 Å². The van der Waals surface area contributed by atoms with Crippen molar-refractivity contribution in [3.8, 4) is 0 Å². The molecule has 0 spiro atoms. The zero-order valence-electron chi connectivity index (χ0n) is 13.2. The van der Waals surface area contributed by atoms with Crippen molar-refractivity contribution in [1.29, 1.82) is 0 Å². The largest absolute Gasteiger partial charge is 0.353 e. The highest BCUT2D eigenvalue weighted by Crippen LogP contribution is 2.38. The van der Waals surface area contributed by atoms with Crippen molar-refractivity contribution in [1.82, 2.24) is 15.1 Å². The fraction of sp³-hybridized carbons (Fsp3) is 0.444. The van der Waals surface area contributed by atoms with Crippen LogP contribution in [0.25, 0.3) is 0 Å². The van der Waals surface area contributed by atoms with Crippen molar-refractivity contribution in [2.75, 3.05) is 31.1 Å². The van der Waals surface area contributed by atoms with Crippen molar-refractivity contribution < 1.29 is 0 Å². The molecule has 0 atom stereocenters. The van der Waals surface area contributed by atoms with Gasteiger partial charge in [-0.15, -0.1) is 5.10 Å². The quantitative estimate of drug-likeness (QED) is 0.861. The highest BCUT2D eigenvalue weighted by molar-refractivity contribution is 6.30. The van der Waals surface area contributed by atoms with Crippen LogP contribution in [0.1, 0.15) is 30.0 Å². The lowest BCUT2D eigenvalue weighted by atomic mass is 10.2. The SMILES string of the molecule is Clc1cccc(CN2CCN(c3ccc(C4CC4)nn3)CC2)c1. The monoisotopic (exact) mass is 328 g/mol. The Balaban J connectivity index is 1.33. The summed E-state index contributed by atoms with van der Waals surface area (Å²) in [5, 5.41) is 9.63. The molecule has 0 radical (unpaired) electrons. The van der Waals surface area contributed by atoms with Crippen LogP contribution in [0.5, 0.6) is 0 Å². The minimum absolute atomic E-state index is 0.672. The Labute approximate surface area is 142 Å². The third-order valence-electron chi connectivity index (χ3n) is 4.66. The lowest BCUT2D eigenvalue weighted by Crippen LogP contribution is -2.46. The van der Waals surface area contributed by atoms with Crippen LogP contribution in [0.2, 0.25) is 5.02 Å². The van der Waals surface area contributed by atoms with Crippen LogP contribution in [0.4, 0.5) is 5.82 Å². The van der Waals surface area contributed by atoms with Gasteiger partial charge in [0.15, 0.2) is 5.82 Å². The van der Waals surface area contributed by atoms with Crippen LogP contribution in [-0.2, 0) is 6.54 Å². The topological polar surface area (TPSA) is 32.3 Å². The maximum Gasteiger partial charge on any atom is 0.151 e. The van der Waals surface area contributed by atoms with Crippen molar-refractivity contribution in [2.45, 2.75) is 25.3 Å². The Morgan fingerprint density at radius 1 is 1.00 bits per heavy atom. The average molecular weight is 329 g/mol. The van der Waals surface area contributed by atoms with Gasteiger partial charge in [0.2, 0.25) is 0 Å². The smallest absolute Gasteiger partial charge is 0.151 e. The molecule has 1 saturated carbocycles. The molecule has 4 rings (SSSR count). The van der Waals surface area contributed by atoms with Crippen molar-refractivity contribution in [3.05, 3.63) is 52.7 Å². The number of hydrogen-bond acceptors (Lipinski definition) is 4. The van der Waals surface area contributed by atoms with Crippen LogP contribution in [-0.4, -0.2) is 41.3 Å². The first-order chi connectivity index (χ1) is 11.3. The Morgan fingerprint density at radius 3 is 2.48 bits per heavy atom. The van der Waals surface area contributed by atoms with Gasteiger partial charge in [-0.05, 0) is 42.7 Å². The van der Waals surface area contributed by atoms with E-state index in [-0.39, 0.29) is 0 Å². The van der Waals surface area contributed by atoms with Crippen LogP contribution in [0.3, 0.4) is 0 Å². The molecule has 1 aromatic heterocycles. The second-order valence-electron chi connectivity index (χ2n) is 6.48. The number of anilines is 1. The Kier molecular flexibility index (Phi) is 4.19. The number of nitrogens with zero attached hydrogens (tertiary/aromatic N) is 4. The molecule has 0 amide bonds. The third kappa shape index (κ3) is 3.65.